The standard InChI is InChI=1S/C70H137NO3/c1-3-5-7-9-11-13-15-17-19-20-30-33-36-40-43-47-51-55-59-63-68(72)64-60-56-52-48-44-41-37-34-31-28-26-24-22-21-23-25-27-29-32-35-38-42-46-50-54-58-62-66-70(74)71-67-69(73)65-61-57-53-49-45-39-18-16-14-12-10-8-6-4-2/h17,19,69,73H,3-16,18,20-67H2,1-2H3,(H,71,74)/t69-/m1/s1. The molecule has 4 heteroatoms. The fourth-order valence-corrected chi connectivity index (χ4v) is 11.2. The van der Waals surface area contributed by atoms with Gasteiger partial charge in [0, 0.05) is 25.8 Å². The number of unbranched alkanes of at least 4 members (excludes halogenated alkanes) is 54. The van der Waals surface area contributed by atoms with Crippen molar-refractivity contribution in [2.24, 2.45) is 0 Å². The van der Waals surface area contributed by atoms with E-state index in [1.165, 1.54) is 340 Å². The molecule has 0 aliphatic carbocycles. The van der Waals surface area contributed by atoms with Crippen molar-refractivity contribution in [2.75, 3.05) is 6.54 Å². The minimum atomic E-state index is -0.391. The lowest BCUT2D eigenvalue weighted by Crippen LogP contribution is -2.31. The maximum absolute atomic E-state index is 12.3. The molecule has 0 heterocycles. The van der Waals surface area contributed by atoms with Gasteiger partial charge in [0.05, 0.1) is 6.10 Å². The molecule has 4 nitrogen and oxygen atoms in total. The number of ketones is 1. The highest BCUT2D eigenvalue weighted by atomic mass is 16.3. The Morgan fingerprint density at radius 3 is 0.784 bits per heavy atom. The Balaban J connectivity index is 3.23. The molecule has 0 aliphatic rings. The lowest BCUT2D eigenvalue weighted by molar-refractivity contribution is -0.121. The monoisotopic (exact) mass is 1040 g/mol. The summed E-state index contributed by atoms with van der Waals surface area (Å²) in [7, 11) is 0. The highest BCUT2D eigenvalue weighted by Crippen LogP contribution is 2.19. The Kier molecular flexibility index (Phi) is 65.1. The van der Waals surface area contributed by atoms with E-state index in [1.54, 1.807) is 0 Å². The topological polar surface area (TPSA) is 66.4 Å². The van der Waals surface area contributed by atoms with Crippen LogP contribution in [-0.4, -0.2) is 29.4 Å². The van der Waals surface area contributed by atoms with Crippen LogP contribution in [-0.2, 0) is 9.59 Å². The average Bonchev–Trinajstić information content (AvgIpc) is 3.40. The van der Waals surface area contributed by atoms with Crippen molar-refractivity contribution in [3.8, 4) is 0 Å². The number of aliphatic hydroxyl groups is 1. The maximum atomic E-state index is 12.3. The zero-order valence-electron chi connectivity index (χ0n) is 51.0. The molecule has 0 aliphatic heterocycles. The van der Waals surface area contributed by atoms with Crippen LogP contribution in [0.3, 0.4) is 0 Å². The molecule has 0 unspecified atom stereocenters. The van der Waals surface area contributed by atoms with E-state index in [2.05, 4.69) is 31.3 Å². The van der Waals surface area contributed by atoms with Gasteiger partial charge in [-0.3, -0.25) is 9.59 Å². The lowest BCUT2D eigenvalue weighted by Gasteiger charge is -2.12. The van der Waals surface area contributed by atoms with E-state index in [1.807, 2.05) is 0 Å². The first-order valence-electron chi connectivity index (χ1n) is 34.7. The van der Waals surface area contributed by atoms with Crippen LogP contribution in [0.1, 0.15) is 412 Å². The zero-order valence-corrected chi connectivity index (χ0v) is 51.0. The molecule has 0 saturated carbocycles. The first kappa shape index (κ1) is 72.8. The molecule has 0 rings (SSSR count). The smallest absolute Gasteiger partial charge is 0.220 e. The number of carbonyl (C=O) groups is 2. The molecular formula is C70H137NO3. The zero-order chi connectivity index (χ0) is 53.4. The fraction of sp³-hybridized carbons (Fsp3) is 0.943. The number of hydrogen-bond donors (Lipinski definition) is 2. The van der Waals surface area contributed by atoms with Gasteiger partial charge in [-0.25, -0.2) is 0 Å². The van der Waals surface area contributed by atoms with Crippen LogP contribution in [0.4, 0.5) is 0 Å². The minimum Gasteiger partial charge on any atom is -0.391 e. The average molecular weight is 1040 g/mol. The van der Waals surface area contributed by atoms with Crippen molar-refractivity contribution in [1.82, 2.24) is 5.32 Å². The van der Waals surface area contributed by atoms with Gasteiger partial charge < -0.3 is 10.4 Å². The largest absolute Gasteiger partial charge is 0.391 e. The van der Waals surface area contributed by atoms with E-state index in [4.69, 9.17) is 0 Å². The van der Waals surface area contributed by atoms with Gasteiger partial charge in [0.1, 0.15) is 5.78 Å². The van der Waals surface area contributed by atoms with Crippen molar-refractivity contribution < 1.29 is 14.7 Å². The number of rotatable bonds is 66. The number of hydrogen-bond acceptors (Lipinski definition) is 3. The SMILES string of the molecule is CCCCCCCCC=CCCCCCCCCCCCC(=O)CCCCCCCCCCCCCCCCCCCCCCCCCCCCCC(=O)NC[C@H](O)CCCCCCCCCCCCCCCC. The summed E-state index contributed by atoms with van der Waals surface area (Å²) in [5, 5.41) is 13.3. The van der Waals surface area contributed by atoms with Gasteiger partial charge in [0.25, 0.3) is 0 Å². The van der Waals surface area contributed by atoms with Crippen LogP contribution in [0.5, 0.6) is 0 Å². The van der Waals surface area contributed by atoms with E-state index >= 15 is 0 Å². The summed E-state index contributed by atoms with van der Waals surface area (Å²) < 4.78 is 0. The van der Waals surface area contributed by atoms with Gasteiger partial charge in [-0.05, 0) is 51.4 Å². The molecule has 1 atom stereocenters. The van der Waals surface area contributed by atoms with Crippen LogP contribution in [0.15, 0.2) is 12.2 Å². The highest BCUT2D eigenvalue weighted by molar-refractivity contribution is 5.78. The number of carbonyl (C=O) groups excluding carboxylic acids is 2. The molecule has 1 amide bonds. The fourth-order valence-electron chi connectivity index (χ4n) is 11.2. The molecule has 0 bridgehead atoms. The number of aliphatic hydroxyl groups excluding tert-OH is 1. The van der Waals surface area contributed by atoms with E-state index in [0.717, 1.165) is 51.4 Å². The number of Topliss-reactive ketones (excluding diaryl/α,β-unsaturated/α-hetero) is 1. The van der Waals surface area contributed by atoms with Crippen LogP contribution in [0.25, 0.3) is 0 Å². The highest BCUT2D eigenvalue weighted by Gasteiger charge is 2.08. The number of nitrogens with one attached hydrogen (secondary N) is 1. The predicted octanol–water partition coefficient (Wildman–Crippen LogP) is 23.8. The summed E-state index contributed by atoms with van der Waals surface area (Å²) in [6, 6.07) is 0. The van der Waals surface area contributed by atoms with E-state index < -0.39 is 6.10 Å². The molecule has 0 radical (unpaired) electrons. The van der Waals surface area contributed by atoms with Crippen LogP contribution >= 0.6 is 0 Å². The van der Waals surface area contributed by atoms with Crippen molar-refractivity contribution in [3.63, 3.8) is 0 Å². The van der Waals surface area contributed by atoms with Gasteiger partial charge in [0.15, 0.2) is 0 Å². The Bertz CT molecular complexity index is 1090. The first-order chi connectivity index (χ1) is 36.6. The second-order valence-corrected chi connectivity index (χ2v) is 24.2. The van der Waals surface area contributed by atoms with Gasteiger partial charge in [0.2, 0.25) is 5.91 Å². The normalized spacial score (nSPS) is 12.1. The minimum absolute atomic E-state index is 0.117. The summed E-state index contributed by atoms with van der Waals surface area (Å²) in [5.74, 6) is 0.638. The third-order valence-electron chi connectivity index (χ3n) is 16.5. The van der Waals surface area contributed by atoms with Gasteiger partial charge in [-0.1, -0.05) is 353 Å². The molecule has 0 aromatic carbocycles. The molecule has 0 fully saturated rings. The van der Waals surface area contributed by atoms with Gasteiger partial charge in [-0.15, -0.1) is 0 Å². The van der Waals surface area contributed by atoms with E-state index in [-0.39, 0.29) is 5.91 Å². The Labute approximate surface area is 466 Å². The van der Waals surface area contributed by atoms with Crippen LogP contribution in [0, 0.1) is 0 Å². The predicted molar refractivity (Wildman–Crippen MR) is 331 cm³/mol. The van der Waals surface area contributed by atoms with Crippen molar-refractivity contribution in [3.05, 3.63) is 12.2 Å². The Morgan fingerprint density at radius 2 is 0.514 bits per heavy atom. The van der Waals surface area contributed by atoms with Gasteiger partial charge in [-0.2, -0.15) is 0 Å². The summed E-state index contributed by atoms with van der Waals surface area (Å²) in [5.41, 5.74) is 0. The quantitative estimate of drug-likeness (QED) is 0.0471. The molecule has 0 spiro atoms. The summed E-state index contributed by atoms with van der Waals surface area (Å²) in [6.45, 7) is 5.00. The lowest BCUT2D eigenvalue weighted by atomic mass is 10.0. The molecular weight excluding hydrogens is 903 g/mol. The maximum Gasteiger partial charge on any atom is 0.220 e. The molecule has 0 saturated heterocycles. The summed E-state index contributed by atoms with van der Waals surface area (Å²) >= 11 is 0. The number of amides is 1. The van der Waals surface area contributed by atoms with E-state index in [9.17, 15) is 14.7 Å². The Hall–Kier alpha value is -1.16. The summed E-state index contributed by atoms with van der Waals surface area (Å²) in [4.78, 5) is 24.6. The molecule has 74 heavy (non-hydrogen) atoms. The molecule has 0 aromatic heterocycles. The number of allylic oxidation sites excluding steroid dienone is 2. The van der Waals surface area contributed by atoms with E-state index in [0.29, 0.717) is 18.7 Å². The molecule has 440 valence electrons. The molecule has 0 aromatic rings. The van der Waals surface area contributed by atoms with Crippen molar-refractivity contribution >= 4 is 11.7 Å². The third-order valence-corrected chi connectivity index (χ3v) is 16.5. The Morgan fingerprint density at radius 1 is 0.297 bits per heavy atom. The van der Waals surface area contributed by atoms with Gasteiger partial charge >= 0.3 is 0 Å². The van der Waals surface area contributed by atoms with Crippen molar-refractivity contribution in [2.45, 2.75) is 418 Å². The second-order valence-electron chi connectivity index (χ2n) is 24.2. The molecule has 2 N–H and O–H groups in total. The second kappa shape index (κ2) is 66.1. The third kappa shape index (κ3) is 65.1. The summed E-state index contributed by atoms with van der Waals surface area (Å²) in [6.07, 6.45) is 86.2. The van der Waals surface area contributed by atoms with Crippen LogP contribution in [0.2, 0.25) is 0 Å². The van der Waals surface area contributed by atoms with Crippen molar-refractivity contribution in [1.29, 1.82) is 0 Å². The van der Waals surface area contributed by atoms with Crippen LogP contribution < -0.4 is 5.32 Å². The first-order valence-corrected chi connectivity index (χ1v) is 34.7.